The lowest BCUT2D eigenvalue weighted by molar-refractivity contribution is -0.268. The minimum absolute atomic E-state index is 0.0710. The van der Waals surface area contributed by atoms with Gasteiger partial charge in [0.25, 0.3) is 5.91 Å². The highest BCUT2D eigenvalue weighted by Crippen LogP contribution is 2.21. The highest BCUT2D eigenvalue weighted by Gasteiger charge is 2.11. The summed E-state index contributed by atoms with van der Waals surface area (Å²) in [5.41, 5.74) is -0.147. The normalized spacial score (nSPS) is 10.2. The molecule has 0 atom stereocenters. The lowest BCUT2D eigenvalue weighted by Crippen LogP contribution is -2.12. The fourth-order valence-corrected chi connectivity index (χ4v) is 1.71. The third-order valence-electron chi connectivity index (χ3n) is 2.27. The van der Waals surface area contributed by atoms with E-state index in [-0.39, 0.29) is 17.0 Å². The number of carboxylic acids is 1. The number of nitrogens with one attached hydrogen (secondary N) is 1. The predicted molar refractivity (Wildman–Crippen MR) is 67.2 cm³/mol. The number of anilines is 1. The molecule has 2 rings (SSSR count). The zero-order valence-electron chi connectivity index (χ0n) is 9.34. The topological polar surface area (TPSA) is 103 Å². The van der Waals surface area contributed by atoms with Crippen LogP contribution in [0.25, 0.3) is 0 Å². The number of hydrogen-bond acceptors (Lipinski definition) is 4. The number of halogens is 1. The molecule has 0 saturated carbocycles. The van der Waals surface area contributed by atoms with Gasteiger partial charge in [0.2, 0.25) is 0 Å². The largest absolute Gasteiger partial charge is 0.872 e. The second kappa shape index (κ2) is 5.15. The molecule has 0 bridgehead atoms. The number of carbonyl (C=O) groups is 2. The Bertz CT molecular complexity index is 649. The van der Waals surface area contributed by atoms with Crippen LogP contribution < -0.4 is 10.4 Å². The van der Waals surface area contributed by atoms with Crippen molar-refractivity contribution in [1.82, 2.24) is 0 Å². The molecule has 0 aliphatic heterocycles. The van der Waals surface area contributed by atoms with Gasteiger partial charge in [0, 0.05) is 5.69 Å². The molecule has 1 heterocycles. The summed E-state index contributed by atoms with van der Waals surface area (Å²) in [5.74, 6) is -2.45. The molecule has 2 N–H and O–H groups in total. The lowest BCUT2D eigenvalue weighted by Gasteiger charge is -2.12. The number of hydrogen-bond donors (Lipinski definition) is 2. The Balaban J connectivity index is 2.18. The molecule has 0 saturated heterocycles. The SMILES string of the molecule is O=C(Nc1ccc(C(=O)O)c([O-])c1)c1ccc(Br)o1. The monoisotopic (exact) mass is 324 g/mol. The van der Waals surface area contributed by atoms with Crippen molar-refractivity contribution in [2.24, 2.45) is 0 Å². The van der Waals surface area contributed by atoms with Crippen molar-refractivity contribution in [2.45, 2.75) is 0 Å². The second-order valence-corrected chi connectivity index (χ2v) is 4.36. The van der Waals surface area contributed by atoms with E-state index in [2.05, 4.69) is 21.2 Å². The Kier molecular flexibility index (Phi) is 3.57. The van der Waals surface area contributed by atoms with Crippen LogP contribution in [0.1, 0.15) is 20.9 Å². The molecule has 0 aliphatic rings. The van der Waals surface area contributed by atoms with Crippen LogP contribution in [0.15, 0.2) is 39.4 Å². The van der Waals surface area contributed by atoms with E-state index in [9.17, 15) is 14.7 Å². The highest BCUT2D eigenvalue weighted by molar-refractivity contribution is 9.10. The van der Waals surface area contributed by atoms with Crippen molar-refractivity contribution in [3.05, 3.63) is 46.3 Å². The van der Waals surface area contributed by atoms with Crippen LogP contribution >= 0.6 is 15.9 Å². The third kappa shape index (κ3) is 2.94. The Morgan fingerprint density at radius 1 is 1.26 bits per heavy atom. The molecule has 0 spiro atoms. The summed E-state index contributed by atoms with van der Waals surface area (Å²) in [6, 6.07) is 6.53. The van der Waals surface area contributed by atoms with E-state index in [1.165, 1.54) is 12.1 Å². The fourth-order valence-electron chi connectivity index (χ4n) is 1.41. The molecule has 6 nitrogen and oxygen atoms in total. The smallest absolute Gasteiger partial charge is 0.335 e. The maximum atomic E-state index is 11.7. The van der Waals surface area contributed by atoms with Crippen molar-refractivity contribution < 1.29 is 24.2 Å². The van der Waals surface area contributed by atoms with Crippen LogP contribution in [-0.4, -0.2) is 17.0 Å². The second-order valence-electron chi connectivity index (χ2n) is 3.57. The minimum atomic E-state index is -1.31. The van der Waals surface area contributed by atoms with Crippen LogP contribution in [0.2, 0.25) is 0 Å². The molecule has 1 aromatic heterocycles. The molecule has 7 heteroatoms. The van der Waals surface area contributed by atoms with Crippen molar-refractivity contribution >= 4 is 33.5 Å². The minimum Gasteiger partial charge on any atom is -0.872 e. The van der Waals surface area contributed by atoms with Crippen molar-refractivity contribution in [2.75, 3.05) is 5.32 Å². The Morgan fingerprint density at radius 2 is 2.00 bits per heavy atom. The third-order valence-corrected chi connectivity index (χ3v) is 2.69. The fraction of sp³-hybridized carbons (Fsp3) is 0. The van der Waals surface area contributed by atoms with Gasteiger partial charge in [0.1, 0.15) is 0 Å². The Labute approximate surface area is 115 Å². The molecule has 0 aliphatic carbocycles. The van der Waals surface area contributed by atoms with Gasteiger partial charge in [-0.05, 0) is 46.3 Å². The Morgan fingerprint density at radius 3 is 2.53 bits per heavy atom. The number of carboxylic acid groups (broad SMARTS) is 1. The molecule has 0 unspecified atom stereocenters. The number of furan rings is 1. The number of benzene rings is 1. The predicted octanol–water partition coefficient (Wildman–Crippen LogP) is 2.07. The van der Waals surface area contributed by atoms with E-state index in [4.69, 9.17) is 9.52 Å². The van der Waals surface area contributed by atoms with Crippen LogP contribution in [-0.2, 0) is 0 Å². The molecule has 0 fully saturated rings. The summed E-state index contributed by atoms with van der Waals surface area (Å²) in [6.07, 6.45) is 0. The first-order chi connectivity index (χ1) is 8.97. The van der Waals surface area contributed by atoms with Gasteiger partial charge in [-0.2, -0.15) is 0 Å². The van der Waals surface area contributed by atoms with E-state index in [1.54, 1.807) is 6.07 Å². The van der Waals surface area contributed by atoms with Gasteiger partial charge >= 0.3 is 5.97 Å². The van der Waals surface area contributed by atoms with Crippen molar-refractivity contribution in [3.63, 3.8) is 0 Å². The first kappa shape index (κ1) is 13.2. The van der Waals surface area contributed by atoms with E-state index in [1.807, 2.05) is 0 Å². The summed E-state index contributed by atoms with van der Waals surface area (Å²) in [5, 5.41) is 22.6. The molecule has 19 heavy (non-hydrogen) atoms. The summed E-state index contributed by atoms with van der Waals surface area (Å²) in [7, 11) is 0. The van der Waals surface area contributed by atoms with Gasteiger partial charge in [-0.3, -0.25) is 4.79 Å². The zero-order valence-corrected chi connectivity index (χ0v) is 10.9. The maximum absolute atomic E-state index is 11.7. The summed E-state index contributed by atoms with van der Waals surface area (Å²) in [4.78, 5) is 22.4. The maximum Gasteiger partial charge on any atom is 0.335 e. The molecular weight excluding hydrogens is 318 g/mol. The van der Waals surface area contributed by atoms with Gasteiger partial charge in [0.15, 0.2) is 10.4 Å². The molecule has 98 valence electrons. The zero-order chi connectivity index (χ0) is 14.0. The Hall–Kier alpha value is -2.28. The van der Waals surface area contributed by atoms with E-state index < -0.39 is 17.6 Å². The van der Waals surface area contributed by atoms with Crippen LogP contribution in [0.5, 0.6) is 5.75 Å². The number of aromatic carboxylic acids is 1. The van der Waals surface area contributed by atoms with E-state index in [0.717, 1.165) is 12.1 Å². The standard InChI is InChI=1S/C12H8BrNO5/c13-10-4-3-9(19-10)11(16)14-6-1-2-7(12(17)18)8(15)5-6/h1-5,15H,(H,14,16)(H,17,18)/p-1. The average molecular weight is 325 g/mol. The van der Waals surface area contributed by atoms with Crippen LogP contribution in [0, 0.1) is 0 Å². The molecule has 0 radical (unpaired) electrons. The first-order valence-corrected chi connectivity index (χ1v) is 5.87. The number of carbonyl (C=O) groups excluding carboxylic acids is 1. The van der Waals surface area contributed by atoms with E-state index >= 15 is 0 Å². The van der Waals surface area contributed by atoms with Gasteiger partial charge in [-0.25, -0.2) is 4.79 Å². The van der Waals surface area contributed by atoms with Crippen LogP contribution in [0.3, 0.4) is 0 Å². The van der Waals surface area contributed by atoms with E-state index in [0.29, 0.717) is 4.67 Å². The van der Waals surface area contributed by atoms with Gasteiger partial charge in [-0.1, -0.05) is 5.75 Å². The summed E-state index contributed by atoms with van der Waals surface area (Å²) < 4.78 is 5.45. The van der Waals surface area contributed by atoms with Gasteiger partial charge in [-0.15, -0.1) is 0 Å². The van der Waals surface area contributed by atoms with Gasteiger partial charge < -0.3 is 19.9 Å². The van der Waals surface area contributed by atoms with Crippen LogP contribution in [0.4, 0.5) is 5.69 Å². The molecule has 2 aromatic rings. The number of rotatable bonds is 3. The molecular formula is C12H7BrNO5-. The van der Waals surface area contributed by atoms with Crippen molar-refractivity contribution in [1.29, 1.82) is 0 Å². The lowest BCUT2D eigenvalue weighted by atomic mass is 10.2. The quantitative estimate of drug-likeness (QED) is 0.899. The van der Waals surface area contributed by atoms with Crippen molar-refractivity contribution in [3.8, 4) is 5.75 Å². The highest BCUT2D eigenvalue weighted by atomic mass is 79.9. The number of amides is 1. The average Bonchev–Trinajstić information content (AvgIpc) is 2.75. The molecule has 1 aromatic carbocycles. The first-order valence-electron chi connectivity index (χ1n) is 5.08. The summed E-state index contributed by atoms with van der Waals surface area (Å²) >= 11 is 3.06. The molecule has 1 amide bonds. The summed E-state index contributed by atoms with van der Waals surface area (Å²) in [6.45, 7) is 0. The van der Waals surface area contributed by atoms with Gasteiger partial charge in [0.05, 0.1) is 5.56 Å².